The maximum absolute atomic E-state index is 12.4. The van der Waals surface area contributed by atoms with Crippen LogP contribution in [0, 0.1) is 6.92 Å². The van der Waals surface area contributed by atoms with Gasteiger partial charge in [0.2, 0.25) is 16.2 Å². The van der Waals surface area contributed by atoms with Crippen molar-refractivity contribution in [1.29, 1.82) is 0 Å². The Hall–Kier alpha value is -2.29. The lowest BCUT2D eigenvalue weighted by atomic mass is 10.3. The molecule has 0 spiro atoms. The van der Waals surface area contributed by atoms with E-state index in [1.165, 1.54) is 47.4 Å². The number of carbonyl (C=O) groups excluding carboxylic acids is 1. The average Bonchev–Trinajstić information content (AvgIpc) is 3.22. The van der Waals surface area contributed by atoms with Crippen LogP contribution in [0.3, 0.4) is 0 Å². The summed E-state index contributed by atoms with van der Waals surface area (Å²) in [5.41, 5.74) is 6.00. The summed E-state index contributed by atoms with van der Waals surface area (Å²) in [6.07, 6.45) is 0. The lowest BCUT2D eigenvalue weighted by Gasteiger charge is -2.11. The number of anilines is 3. The number of hydrogen-bond acceptors (Lipinski definition) is 11. The molecule has 2 heterocycles. The van der Waals surface area contributed by atoms with Gasteiger partial charge in [-0.15, -0.1) is 20.4 Å². The van der Waals surface area contributed by atoms with Gasteiger partial charge < -0.3 is 11.1 Å². The van der Waals surface area contributed by atoms with Gasteiger partial charge in [0.25, 0.3) is 10.0 Å². The molecule has 0 aliphatic carbocycles. The van der Waals surface area contributed by atoms with Crippen LogP contribution in [0.25, 0.3) is 0 Å². The first-order chi connectivity index (χ1) is 13.2. The summed E-state index contributed by atoms with van der Waals surface area (Å²) in [7, 11) is -3.78. The monoisotopic (exact) mass is 457 g/mol. The third-order valence-corrected chi connectivity index (χ3v) is 7.42. The Morgan fingerprint density at radius 2 is 1.86 bits per heavy atom. The minimum absolute atomic E-state index is 0.0464. The van der Waals surface area contributed by atoms with Crippen molar-refractivity contribution in [1.82, 2.24) is 20.4 Å². The minimum atomic E-state index is -3.78. The van der Waals surface area contributed by atoms with E-state index in [-0.39, 0.29) is 15.9 Å². The standard InChI is InChI=1S/C14H15N7O3S4/c1-7(25-14-20-18-12(15)27-14)11(22)16-9-3-5-10(6-4-9)28(23,24)21-13-19-17-8(2)26-13/h3-7H,1-2H3,(H2,15,18)(H,16,22)(H,19,21). The van der Waals surface area contributed by atoms with E-state index in [9.17, 15) is 13.2 Å². The van der Waals surface area contributed by atoms with E-state index >= 15 is 0 Å². The first kappa shape index (κ1) is 20.4. The van der Waals surface area contributed by atoms with Gasteiger partial charge in [-0.1, -0.05) is 34.4 Å². The molecule has 2 aromatic heterocycles. The van der Waals surface area contributed by atoms with Crippen LogP contribution in [0.4, 0.5) is 16.0 Å². The van der Waals surface area contributed by atoms with Crippen molar-refractivity contribution in [2.45, 2.75) is 28.3 Å². The van der Waals surface area contributed by atoms with Crippen LogP contribution >= 0.6 is 34.4 Å². The minimum Gasteiger partial charge on any atom is -0.374 e. The highest BCUT2D eigenvalue weighted by molar-refractivity contribution is 8.02. The van der Waals surface area contributed by atoms with Gasteiger partial charge >= 0.3 is 0 Å². The molecule has 4 N–H and O–H groups in total. The number of carbonyl (C=O) groups is 1. The van der Waals surface area contributed by atoms with Crippen molar-refractivity contribution in [3.63, 3.8) is 0 Å². The smallest absolute Gasteiger partial charge is 0.263 e. The molecular formula is C14H15N7O3S4. The summed E-state index contributed by atoms with van der Waals surface area (Å²) in [6.45, 7) is 3.45. The second-order valence-corrected chi connectivity index (χ2v) is 10.9. The summed E-state index contributed by atoms with van der Waals surface area (Å²) in [4.78, 5) is 12.3. The lowest BCUT2D eigenvalue weighted by Crippen LogP contribution is -2.22. The van der Waals surface area contributed by atoms with E-state index in [0.29, 0.717) is 20.2 Å². The van der Waals surface area contributed by atoms with Crippen LogP contribution in [-0.2, 0) is 14.8 Å². The van der Waals surface area contributed by atoms with Crippen LogP contribution in [0.2, 0.25) is 0 Å². The number of nitrogen functional groups attached to an aromatic ring is 1. The molecule has 0 bridgehead atoms. The van der Waals surface area contributed by atoms with E-state index in [2.05, 4.69) is 30.4 Å². The van der Waals surface area contributed by atoms with Crippen molar-refractivity contribution >= 4 is 66.3 Å². The van der Waals surface area contributed by atoms with Crippen molar-refractivity contribution < 1.29 is 13.2 Å². The number of nitrogens with one attached hydrogen (secondary N) is 2. The summed E-state index contributed by atoms with van der Waals surface area (Å²) >= 11 is 3.58. The number of nitrogens with two attached hydrogens (primary N) is 1. The Morgan fingerprint density at radius 3 is 2.43 bits per heavy atom. The van der Waals surface area contributed by atoms with Gasteiger partial charge in [0.1, 0.15) is 5.01 Å². The molecule has 0 fully saturated rings. The Labute approximate surface area is 173 Å². The summed E-state index contributed by atoms with van der Waals surface area (Å²) in [5, 5.41) is 18.6. The lowest BCUT2D eigenvalue weighted by molar-refractivity contribution is -0.115. The highest BCUT2D eigenvalue weighted by Crippen LogP contribution is 2.28. The topological polar surface area (TPSA) is 153 Å². The molecule has 10 nitrogen and oxygen atoms in total. The van der Waals surface area contributed by atoms with Gasteiger partial charge in [-0.2, -0.15) is 0 Å². The fourth-order valence-corrected chi connectivity index (χ4v) is 5.55. The van der Waals surface area contributed by atoms with Crippen LogP contribution in [0.5, 0.6) is 0 Å². The number of aromatic nitrogens is 4. The Balaban J connectivity index is 1.62. The summed E-state index contributed by atoms with van der Waals surface area (Å²) in [5.74, 6) is -0.253. The van der Waals surface area contributed by atoms with Gasteiger partial charge in [-0.05, 0) is 38.1 Å². The van der Waals surface area contributed by atoms with E-state index in [0.717, 1.165) is 11.3 Å². The van der Waals surface area contributed by atoms with Gasteiger partial charge in [0.15, 0.2) is 4.34 Å². The highest BCUT2D eigenvalue weighted by atomic mass is 32.2. The number of amides is 1. The molecule has 1 atom stereocenters. The van der Waals surface area contributed by atoms with Crippen molar-refractivity contribution in [3.05, 3.63) is 29.3 Å². The van der Waals surface area contributed by atoms with E-state index in [1.807, 2.05) is 0 Å². The van der Waals surface area contributed by atoms with Gasteiger partial charge in [-0.25, -0.2) is 8.42 Å². The predicted octanol–water partition coefficient (Wildman–Crippen LogP) is 2.20. The number of sulfonamides is 1. The summed E-state index contributed by atoms with van der Waals surface area (Å²) in [6, 6.07) is 5.82. The summed E-state index contributed by atoms with van der Waals surface area (Å²) < 4.78 is 27.7. The zero-order valence-electron chi connectivity index (χ0n) is 14.6. The van der Waals surface area contributed by atoms with Crippen LogP contribution in [0.15, 0.2) is 33.5 Å². The van der Waals surface area contributed by atoms with Crippen LogP contribution < -0.4 is 15.8 Å². The molecule has 3 aromatic rings. The first-order valence-corrected chi connectivity index (χ1v) is 11.7. The van der Waals surface area contributed by atoms with Gasteiger partial charge in [0.05, 0.1) is 10.1 Å². The fourth-order valence-electron chi connectivity index (χ4n) is 1.95. The number of benzene rings is 1. The Kier molecular flexibility index (Phi) is 6.12. The normalized spacial score (nSPS) is 12.5. The van der Waals surface area contributed by atoms with E-state index < -0.39 is 15.3 Å². The Bertz CT molecular complexity index is 1080. The molecule has 0 aliphatic heterocycles. The molecule has 1 unspecified atom stereocenters. The zero-order valence-corrected chi connectivity index (χ0v) is 17.9. The third-order valence-electron chi connectivity index (χ3n) is 3.25. The average molecular weight is 458 g/mol. The van der Waals surface area contributed by atoms with Gasteiger partial charge in [0, 0.05) is 5.69 Å². The molecule has 0 radical (unpaired) electrons. The first-order valence-electron chi connectivity index (χ1n) is 7.72. The zero-order chi connectivity index (χ0) is 20.3. The molecule has 0 aliphatic rings. The molecule has 28 heavy (non-hydrogen) atoms. The number of rotatable bonds is 7. The Morgan fingerprint density at radius 1 is 1.14 bits per heavy atom. The van der Waals surface area contributed by atoms with Crippen molar-refractivity contribution in [2.24, 2.45) is 0 Å². The predicted molar refractivity (Wildman–Crippen MR) is 110 cm³/mol. The van der Waals surface area contributed by atoms with E-state index in [1.54, 1.807) is 13.8 Å². The van der Waals surface area contributed by atoms with Crippen molar-refractivity contribution in [3.8, 4) is 0 Å². The molecule has 1 aromatic carbocycles. The number of aryl methyl sites for hydroxylation is 1. The van der Waals surface area contributed by atoms with Crippen LogP contribution in [0.1, 0.15) is 11.9 Å². The second kappa shape index (κ2) is 8.38. The number of hydrogen-bond donors (Lipinski definition) is 3. The number of nitrogens with zero attached hydrogens (tertiary/aromatic N) is 4. The third kappa shape index (κ3) is 5.15. The van der Waals surface area contributed by atoms with Crippen molar-refractivity contribution in [2.75, 3.05) is 15.8 Å². The maximum atomic E-state index is 12.4. The molecule has 3 rings (SSSR count). The van der Waals surface area contributed by atoms with Crippen LogP contribution in [-0.4, -0.2) is 40.0 Å². The van der Waals surface area contributed by atoms with E-state index in [4.69, 9.17) is 5.73 Å². The molecule has 14 heteroatoms. The second-order valence-electron chi connectivity index (χ2n) is 5.41. The maximum Gasteiger partial charge on any atom is 0.263 e. The molecular weight excluding hydrogens is 442 g/mol. The fraction of sp³-hybridized carbons (Fsp3) is 0.214. The quantitative estimate of drug-likeness (QED) is 0.453. The molecule has 0 saturated carbocycles. The van der Waals surface area contributed by atoms with Gasteiger partial charge in [-0.3, -0.25) is 9.52 Å². The molecule has 148 valence electrons. The molecule has 1 amide bonds. The SMILES string of the molecule is Cc1nnc(NS(=O)(=O)c2ccc(NC(=O)C(C)Sc3nnc(N)s3)cc2)s1. The molecule has 0 saturated heterocycles. The largest absolute Gasteiger partial charge is 0.374 e. The highest BCUT2D eigenvalue weighted by Gasteiger charge is 2.19. The number of thioether (sulfide) groups is 1.